The number of ether oxygens (including phenoxy) is 2. The summed E-state index contributed by atoms with van der Waals surface area (Å²) in [5, 5.41) is 8.76. The van der Waals surface area contributed by atoms with Gasteiger partial charge in [0.1, 0.15) is 5.75 Å². The summed E-state index contributed by atoms with van der Waals surface area (Å²) < 4.78 is 24.1. The van der Waals surface area contributed by atoms with Gasteiger partial charge in [-0.3, -0.25) is 0 Å². The third-order valence-corrected chi connectivity index (χ3v) is 2.62. The molecule has 1 N–H and O–H groups in total. The van der Waals surface area contributed by atoms with Crippen molar-refractivity contribution in [2.45, 2.75) is 6.61 Å². The Morgan fingerprint density at radius 1 is 1.25 bits per heavy atom. The summed E-state index contributed by atoms with van der Waals surface area (Å²) in [5.41, 5.74) is 0.774. The minimum Gasteiger partial charge on any atom is -0.478 e. The van der Waals surface area contributed by atoms with E-state index in [1.165, 1.54) is 12.1 Å². The van der Waals surface area contributed by atoms with Gasteiger partial charge in [0.15, 0.2) is 11.6 Å². The standard InChI is InChI=1S/C15H13FO4/c1-19-9-10-3-2-4-12(7-10)20-14-6-5-11(15(17)18)8-13(14)16/h2-8H,9H2,1H3,(H,17,18). The van der Waals surface area contributed by atoms with Crippen molar-refractivity contribution in [1.82, 2.24) is 0 Å². The highest BCUT2D eigenvalue weighted by atomic mass is 19.1. The molecule has 0 aliphatic heterocycles. The molecule has 0 saturated carbocycles. The molecule has 104 valence electrons. The first-order valence-electron chi connectivity index (χ1n) is 5.88. The zero-order valence-corrected chi connectivity index (χ0v) is 10.8. The third-order valence-electron chi connectivity index (χ3n) is 2.62. The van der Waals surface area contributed by atoms with Crippen molar-refractivity contribution in [3.8, 4) is 11.5 Å². The fourth-order valence-corrected chi connectivity index (χ4v) is 1.71. The van der Waals surface area contributed by atoms with Crippen LogP contribution in [0, 0.1) is 5.82 Å². The molecule has 20 heavy (non-hydrogen) atoms. The summed E-state index contributed by atoms with van der Waals surface area (Å²) in [6, 6.07) is 10.6. The molecule has 0 spiro atoms. The lowest BCUT2D eigenvalue weighted by Gasteiger charge is -2.08. The number of rotatable bonds is 5. The number of halogens is 1. The highest BCUT2D eigenvalue weighted by Gasteiger charge is 2.10. The average molecular weight is 276 g/mol. The van der Waals surface area contributed by atoms with Gasteiger partial charge in [-0.25, -0.2) is 9.18 Å². The second-order valence-electron chi connectivity index (χ2n) is 4.13. The van der Waals surface area contributed by atoms with Gasteiger partial charge in [-0.05, 0) is 35.9 Å². The fourth-order valence-electron chi connectivity index (χ4n) is 1.71. The first-order chi connectivity index (χ1) is 9.60. The van der Waals surface area contributed by atoms with Crippen LogP contribution in [0.3, 0.4) is 0 Å². The summed E-state index contributed by atoms with van der Waals surface area (Å²) >= 11 is 0. The topological polar surface area (TPSA) is 55.8 Å². The molecule has 0 saturated heterocycles. The van der Waals surface area contributed by atoms with Gasteiger partial charge >= 0.3 is 5.97 Å². The Labute approximate surface area is 115 Å². The van der Waals surface area contributed by atoms with Crippen molar-refractivity contribution in [1.29, 1.82) is 0 Å². The summed E-state index contributed by atoms with van der Waals surface area (Å²) in [5.74, 6) is -1.47. The number of methoxy groups -OCH3 is 1. The highest BCUT2D eigenvalue weighted by molar-refractivity contribution is 5.87. The van der Waals surface area contributed by atoms with Crippen LogP contribution in [0.1, 0.15) is 15.9 Å². The second-order valence-corrected chi connectivity index (χ2v) is 4.13. The molecule has 2 aromatic rings. The summed E-state index contributed by atoms with van der Waals surface area (Å²) in [6.45, 7) is 0.428. The molecule has 0 radical (unpaired) electrons. The molecular formula is C15H13FO4. The van der Waals surface area contributed by atoms with Gasteiger partial charge in [0.05, 0.1) is 12.2 Å². The lowest BCUT2D eigenvalue weighted by atomic mass is 10.2. The van der Waals surface area contributed by atoms with Crippen LogP contribution in [0.2, 0.25) is 0 Å². The Morgan fingerprint density at radius 3 is 2.70 bits per heavy atom. The van der Waals surface area contributed by atoms with Crippen LogP contribution in [-0.4, -0.2) is 18.2 Å². The number of carboxylic acid groups (broad SMARTS) is 1. The van der Waals surface area contributed by atoms with E-state index in [1.807, 2.05) is 6.07 Å². The predicted octanol–water partition coefficient (Wildman–Crippen LogP) is 3.46. The lowest BCUT2D eigenvalue weighted by molar-refractivity contribution is 0.0696. The Morgan fingerprint density at radius 2 is 2.05 bits per heavy atom. The minimum atomic E-state index is -1.18. The van der Waals surface area contributed by atoms with E-state index in [0.717, 1.165) is 11.6 Å². The fraction of sp³-hybridized carbons (Fsp3) is 0.133. The van der Waals surface area contributed by atoms with Gasteiger partial charge in [0, 0.05) is 7.11 Å². The Hall–Kier alpha value is -2.40. The van der Waals surface area contributed by atoms with Crippen molar-refractivity contribution in [2.24, 2.45) is 0 Å². The predicted molar refractivity (Wildman–Crippen MR) is 70.6 cm³/mol. The maximum atomic E-state index is 13.7. The van der Waals surface area contributed by atoms with Gasteiger partial charge in [-0.15, -0.1) is 0 Å². The Bertz CT molecular complexity index is 625. The van der Waals surface area contributed by atoms with Crippen LogP contribution in [-0.2, 0) is 11.3 Å². The summed E-state index contributed by atoms with van der Waals surface area (Å²) in [7, 11) is 1.58. The van der Waals surface area contributed by atoms with Crippen LogP contribution in [0.15, 0.2) is 42.5 Å². The number of benzene rings is 2. The van der Waals surface area contributed by atoms with E-state index in [0.29, 0.717) is 12.4 Å². The molecule has 0 aliphatic carbocycles. The molecule has 2 aromatic carbocycles. The highest BCUT2D eigenvalue weighted by Crippen LogP contribution is 2.26. The largest absolute Gasteiger partial charge is 0.478 e. The van der Waals surface area contributed by atoms with Crippen molar-refractivity contribution in [3.63, 3.8) is 0 Å². The molecule has 2 rings (SSSR count). The zero-order valence-electron chi connectivity index (χ0n) is 10.8. The zero-order chi connectivity index (χ0) is 14.5. The van der Waals surface area contributed by atoms with E-state index in [-0.39, 0.29) is 11.3 Å². The normalized spacial score (nSPS) is 10.3. The molecule has 0 atom stereocenters. The number of carboxylic acids is 1. The molecule has 0 aliphatic rings. The van der Waals surface area contributed by atoms with E-state index in [4.69, 9.17) is 14.6 Å². The van der Waals surface area contributed by atoms with E-state index in [1.54, 1.807) is 25.3 Å². The maximum Gasteiger partial charge on any atom is 0.335 e. The SMILES string of the molecule is COCc1cccc(Oc2ccc(C(=O)O)cc2F)c1. The van der Waals surface area contributed by atoms with Crippen LogP contribution >= 0.6 is 0 Å². The lowest BCUT2D eigenvalue weighted by Crippen LogP contribution is -1.98. The first-order valence-corrected chi connectivity index (χ1v) is 5.88. The van der Waals surface area contributed by atoms with Crippen molar-refractivity contribution in [3.05, 3.63) is 59.4 Å². The molecule has 0 amide bonds. The van der Waals surface area contributed by atoms with Crippen LogP contribution in [0.4, 0.5) is 4.39 Å². The Kier molecular flexibility index (Phi) is 4.32. The molecule has 0 aromatic heterocycles. The summed E-state index contributed by atoms with van der Waals surface area (Å²) in [4.78, 5) is 10.7. The molecule has 5 heteroatoms. The molecule has 0 fully saturated rings. The van der Waals surface area contributed by atoms with Crippen molar-refractivity contribution in [2.75, 3.05) is 7.11 Å². The molecular weight excluding hydrogens is 263 g/mol. The van der Waals surface area contributed by atoms with E-state index < -0.39 is 11.8 Å². The molecule has 0 heterocycles. The quantitative estimate of drug-likeness (QED) is 0.908. The van der Waals surface area contributed by atoms with E-state index >= 15 is 0 Å². The van der Waals surface area contributed by atoms with Gasteiger partial charge < -0.3 is 14.6 Å². The Balaban J connectivity index is 2.21. The molecule has 4 nitrogen and oxygen atoms in total. The van der Waals surface area contributed by atoms with Gasteiger partial charge in [-0.2, -0.15) is 0 Å². The monoisotopic (exact) mass is 276 g/mol. The van der Waals surface area contributed by atoms with Crippen LogP contribution in [0.5, 0.6) is 11.5 Å². The van der Waals surface area contributed by atoms with Gasteiger partial charge in [0.2, 0.25) is 0 Å². The van der Waals surface area contributed by atoms with Crippen LogP contribution < -0.4 is 4.74 Å². The number of carbonyl (C=O) groups is 1. The summed E-state index contributed by atoms with van der Waals surface area (Å²) in [6.07, 6.45) is 0. The second kappa shape index (κ2) is 6.16. The van der Waals surface area contributed by atoms with Crippen molar-refractivity contribution < 1.29 is 23.8 Å². The first kappa shape index (κ1) is 14.0. The van der Waals surface area contributed by atoms with E-state index in [2.05, 4.69) is 0 Å². The molecule has 0 bridgehead atoms. The maximum absolute atomic E-state index is 13.7. The van der Waals surface area contributed by atoms with Crippen molar-refractivity contribution >= 4 is 5.97 Å². The average Bonchev–Trinajstić information content (AvgIpc) is 2.42. The third kappa shape index (κ3) is 3.33. The van der Waals surface area contributed by atoms with E-state index in [9.17, 15) is 9.18 Å². The van der Waals surface area contributed by atoms with Gasteiger partial charge in [-0.1, -0.05) is 12.1 Å². The number of aromatic carboxylic acids is 1. The van der Waals surface area contributed by atoms with Gasteiger partial charge in [0.25, 0.3) is 0 Å². The van der Waals surface area contributed by atoms with Crippen LogP contribution in [0.25, 0.3) is 0 Å². The molecule has 0 unspecified atom stereocenters. The number of hydrogen-bond donors (Lipinski definition) is 1. The number of hydrogen-bond acceptors (Lipinski definition) is 3. The minimum absolute atomic E-state index is 0.0235. The smallest absolute Gasteiger partial charge is 0.335 e.